The van der Waals surface area contributed by atoms with E-state index in [1.165, 1.54) is 0 Å². The van der Waals surface area contributed by atoms with Gasteiger partial charge in [0.05, 0.1) is 6.20 Å². The van der Waals surface area contributed by atoms with Gasteiger partial charge in [0, 0.05) is 10.9 Å². The monoisotopic (exact) mass is 247 g/mol. The molecule has 1 N–H and O–H groups in total. The predicted octanol–water partition coefficient (Wildman–Crippen LogP) is 2.88. The SMILES string of the molecule is FN1C=CC(Nc2ccccc2)C(F)(F)N1F. The molecule has 0 radical (unpaired) electrons. The summed E-state index contributed by atoms with van der Waals surface area (Å²) in [6.45, 7) is 0. The van der Waals surface area contributed by atoms with E-state index in [2.05, 4.69) is 5.32 Å². The van der Waals surface area contributed by atoms with E-state index >= 15 is 0 Å². The summed E-state index contributed by atoms with van der Waals surface area (Å²) in [7, 11) is 0. The molecule has 0 saturated carbocycles. The summed E-state index contributed by atoms with van der Waals surface area (Å²) in [5, 5.41) is 0.352. The number of hydrazine groups is 1. The Balaban J connectivity index is 2.19. The second-order valence-corrected chi connectivity index (χ2v) is 3.47. The molecule has 17 heavy (non-hydrogen) atoms. The van der Waals surface area contributed by atoms with Crippen molar-refractivity contribution in [1.29, 1.82) is 0 Å². The lowest BCUT2D eigenvalue weighted by atomic mass is 10.2. The number of nitrogens with zero attached hydrogens (tertiary/aromatic N) is 2. The van der Waals surface area contributed by atoms with Crippen molar-refractivity contribution < 1.29 is 17.7 Å². The summed E-state index contributed by atoms with van der Waals surface area (Å²) < 4.78 is 52.1. The summed E-state index contributed by atoms with van der Waals surface area (Å²) in [5.41, 5.74) is 0.391. The van der Waals surface area contributed by atoms with E-state index in [0.717, 1.165) is 6.08 Å². The number of anilines is 1. The Morgan fingerprint density at radius 1 is 1.12 bits per heavy atom. The lowest BCUT2D eigenvalue weighted by Gasteiger charge is -2.34. The Labute approximate surface area is 94.8 Å². The molecular formula is C10H9F4N3. The highest BCUT2D eigenvalue weighted by Gasteiger charge is 2.51. The van der Waals surface area contributed by atoms with Crippen molar-refractivity contribution in [3.63, 3.8) is 0 Å². The zero-order valence-corrected chi connectivity index (χ0v) is 8.53. The molecule has 1 heterocycles. The van der Waals surface area contributed by atoms with Gasteiger partial charge in [0.25, 0.3) is 0 Å². The molecule has 3 nitrogen and oxygen atoms in total. The Morgan fingerprint density at radius 2 is 1.76 bits per heavy atom. The van der Waals surface area contributed by atoms with Crippen molar-refractivity contribution in [3.05, 3.63) is 42.6 Å². The number of nitrogens with one attached hydrogen (secondary N) is 1. The fraction of sp³-hybridized carbons (Fsp3) is 0.200. The van der Waals surface area contributed by atoms with Crippen molar-refractivity contribution in [3.8, 4) is 0 Å². The largest absolute Gasteiger partial charge is 0.373 e. The minimum Gasteiger partial charge on any atom is -0.372 e. The molecule has 1 aromatic rings. The smallest absolute Gasteiger partial charge is 0.372 e. The second-order valence-electron chi connectivity index (χ2n) is 3.47. The van der Waals surface area contributed by atoms with Gasteiger partial charge in [-0.15, -0.1) is 9.71 Å². The van der Waals surface area contributed by atoms with Crippen LogP contribution in [0.2, 0.25) is 0 Å². The molecule has 0 fully saturated rings. The number of alkyl halides is 2. The zero-order chi connectivity index (χ0) is 12.5. The summed E-state index contributed by atoms with van der Waals surface area (Å²) in [5.74, 6) is 0. The van der Waals surface area contributed by atoms with E-state index in [4.69, 9.17) is 0 Å². The van der Waals surface area contributed by atoms with E-state index in [1.807, 2.05) is 0 Å². The Kier molecular flexibility index (Phi) is 2.93. The van der Waals surface area contributed by atoms with Gasteiger partial charge in [-0.3, -0.25) is 0 Å². The first-order valence-electron chi connectivity index (χ1n) is 4.80. The number of hydrogen-bond acceptors (Lipinski definition) is 3. The first-order valence-corrected chi connectivity index (χ1v) is 4.80. The van der Waals surface area contributed by atoms with E-state index < -0.39 is 22.6 Å². The number of para-hydroxylation sites is 1. The minimum atomic E-state index is -4.00. The first kappa shape index (κ1) is 11.7. The second kappa shape index (κ2) is 4.25. The van der Waals surface area contributed by atoms with Gasteiger partial charge in [0.2, 0.25) is 0 Å². The molecule has 1 unspecified atom stereocenters. The molecule has 0 bridgehead atoms. The number of halogens is 4. The molecule has 1 aliphatic rings. The quantitative estimate of drug-likeness (QED) is 0.492. The molecular weight excluding hydrogens is 238 g/mol. The number of benzene rings is 1. The van der Waals surface area contributed by atoms with E-state index in [9.17, 15) is 17.7 Å². The summed E-state index contributed by atoms with van der Waals surface area (Å²) in [4.78, 5) is 0. The normalized spacial score (nSPS) is 23.8. The Hall–Kier alpha value is -1.76. The zero-order valence-electron chi connectivity index (χ0n) is 8.53. The van der Waals surface area contributed by atoms with Crippen LogP contribution in [-0.4, -0.2) is 22.6 Å². The highest BCUT2D eigenvalue weighted by Crippen LogP contribution is 2.33. The van der Waals surface area contributed by atoms with Crippen LogP contribution in [0.15, 0.2) is 42.6 Å². The first-order chi connectivity index (χ1) is 8.01. The van der Waals surface area contributed by atoms with Crippen LogP contribution in [0.3, 0.4) is 0 Å². The van der Waals surface area contributed by atoms with Crippen molar-refractivity contribution in [2.24, 2.45) is 0 Å². The molecule has 7 heteroatoms. The van der Waals surface area contributed by atoms with Gasteiger partial charge < -0.3 is 5.32 Å². The summed E-state index contributed by atoms with van der Waals surface area (Å²) >= 11 is 0. The maximum absolute atomic E-state index is 13.4. The third-order valence-corrected chi connectivity index (χ3v) is 2.29. The average Bonchev–Trinajstić information content (AvgIpc) is 2.32. The van der Waals surface area contributed by atoms with Gasteiger partial charge in [-0.05, 0) is 18.2 Å². The fourth-order valence-electron chi connectivity index (χ4n) is 1.42. The van der Waals surface area contributed by atoms with Crippen LogP contribution in [0.4, 0.5) is 23.4 Å². The van der Waals surface area contributed by atoms with Crippen LogP contribution in [0.1, 0.15) is 0 Å². The Morgan fingerprint density at radius 3 is 2.41 bits per heavy atom. The molecule has 2 rings (SSSR count). The molecule has 1 atom stereocenters. The minimum absolute atomic E-state index is 0.391. The van der Waals surface area contributed by atoms with Gasteiger partial charge in [0.15, 0.2) is 0 Å². The fourth-order valence-corrected chi connectivity index (χ4v) is 1.42. The van der Waals surface area contributed by atoms with Crippen LogP contribution in [0.25, 0.3) is 0 Å². The predicted molar refractivity (Wildman–Crippen MR) is 53.8 cm³/mol. The highest BCUT2D eigenvalue weighted by atomic mass is 19.3. The van der Waals surface area contributed by atoms with Crippen molar-refractivity contribution in [1.82, 2.24) is 10.5 Å². The van der Waals surface area contributed by atoms with Crippen LogP contribution in [0, 0.1) is 0 Å². The van der Waals surface area contributed by atoms with Gasteiger partial charge in [-0.1, -0.05) is 22.7 Å². The molecule has 1 aliphatic heterocycles. The van der Waals surface area contributed by atoms with Gasteiger partial charge in [-0.2, -0.15) is 8.78 Å². The van der Waals surface area contributed by atoms with E-state index in [-0.39, 0.29) is 0 Å². The molecule has 0 amide bonds. The van der Waals surface area contributed by atoms with Crippen molar-refractivity contribution in [2.75, 3.05) is 5.32 Å². The highest BCUT2D eigenvalue weighted by molar-refractivity contribution is 5.45. The third-order valence-electron chi connectivity index (χ3n) is 2.29. The third kappa shape index (κ3) is 2.19. The molecule has 0 spiro atoms. The molecule has 1 aromatic carbocycles. The van der Waals surface area contributed by atoms with Crippen molar-refractivity contribution >= 4 is 5.69 Å². The summed E-state index contributed by atoms with van der Waals surface area (Å²) in [6.07, 6.45) is 1.43. The van der Waals surface area contributed by atoms with Crippen molar-refractivity contribution in [2.45, 2.75) is 12.1 Å². The van der Waals surface area contributed by atoms with Gasteiger partial charge >= 0.3 is 6.05 Å². The molecule has 92 valence electrons. The van der Waals surface area contributed by atoms with E-state index in [1.54, 1.807) is 30.3 Å². The standard InChI is InChI=1S/C10H9F4N3/c11-10(12)9(6-7-16(13)17(10)14)15-8-4-2-1-3-5-8/h1-7,9,15H. The Bertz CT molecular complexity index is 409. The van der Waals surface area contributed by atoms with E-state index in [0.29, 0.717) is 11.9 Å². The van der Waals surface area contributed by atoms with Gasteiger partial charge in [0.1, 0.15) is 6.04 Å². The number of hydrogen-bond donors (Lipinski definition) is 1. The lowest BCUT2D eigenvalue weighted by Crippen LogP contribution is -2.55. The topological polar surface area (TPSA) is 18.5 Å². The number of rotatable bonds is 2. The summed E-state index contributed by atoms with van der Waals surface area (Å²) in [6, 6.07) is 2.44. The molecule has 0 aromatic heterocycles. The maximum atomic E-state index is 13.4. The van der Waals surface area contributed by atoms with Crippen LogP contribution in [0.5, 0.6) is 0 Å². The molecule has 0 saturated heterocycles. The van der Waals surface area contributed by atoms with Crippen LogP contribution < -0.4 is 5.32 Å². The van der Waals surface area contributed by atoms with Gasteiger partial charge in [-0.25, -0.2) is 0 Å². The molecule has 0 aliphatic carbocycles. The maximum Gasteiger partial charge on any atom is 0.373 e. The lowest BCUT2D eigenvalue weighted by molar-refractivity contribution is -0.375. The van der Waals surface area contributed by atoms with Crippen LogP contribution >= 0.6 is 0 Å². The average molecular weight is 247 g/mol. The van der Waals surface area contributed by atoms with Crippen LogP contribution in [-0.2, 0) is 0 Å².